The van der Waals surface area contributed by atoms with Crippen molar-refractivity contribution in [1.82, 2.24) is 9.80 Å². The summed E-state index contributed by atoms with van der Waals surface area (Å²) in [6.07, 6.45) is 15.0. The van der Waals surface area contributed by atoms with Gasteiger partial charge >= 0.3 is 0 Å². The molecule has 0 aromatic heterocycles. The van der Waals surface area contributed by atoms with Gasteiger partial charge in [0.1, 0.15) is 0 Å². The van der Waals surface area contributed by atoms with Crippen LogP contribution in [0.4, 0.5) is 0 Å². The summed E-state index contributed by atoms with van der Waals surface area (Å²) in [5.41, 5.74) is 0.330. The van der Waals surface area contributed by atoms with Crippen LogP contribution in [0.3, 0.4) is 0 Å². The maximum Gasteiger partial charge on any atom is 0.0706 e. The van der Waals surface area contributed by atoms with Crippen LogP contribution in [0.15, 0.2) is 0 Å². The molecule has 0 radical (unpaired) electrons. The van der Waals surface area contributed by atoms with Crippen molar-refractivity contribution in [2.75, 3.05) is 52.5 Å². The van der Waals surface area contributed by atoms with E-state index < -0.39 is 0 Å². The van der Waals surface area contributed by atoms with E-state index in [2.05, 4.69) is 9.80 Å². The Hall–Kier alpha value is -0.200. The summed E-state index contributed by atoms with van der Waals surface area (Å²) in [4.78, 5) is 5.36. The van der Waals surface area contributed by atoms with Gasteiger partial charge in [-0.1, -0.05) is 0 Å². The summed E-state index contributed by atoms with van der Waals surface area (Å²) in [6.45, 7) is 8.96. The summed E-state index contributed by atoms with van der Waals surface area (Å²) in [5, 5.41) is 0. The van der Waals surface area contributed by atoms with Crippen molar-refractivity contribution in [3.8, 4) is 0 Å². The zero-order valence-corrected chi connectivity index (χ0v) is 17.7. The zero-order chi connectivity index (χ0) is 18.8. The SMILES string of the molecule is C1CC(OC2CCCN(CC3(CN4CCCC(OC5CCC5)C4)COC3)C2)C1. The molecule has 0 amide bonds. The molecular formula is C23H40N2O3. The van der Waals surface area contributed by atoms with Crippen LogP contribution in [0.2, 0.25) is 0 Å². The molecule has 5 heteroatoms. The smallest absolute Gasteiger partial charge is 0.0706 e. The Morgan fingerprint density at radius 1 is 0.643 bits per heavy atom. The minimum absolute atomic E-state index is 0.330. The molecule has 2 saturated carbocycles. The highest BCUT2D eigenvalue weighted by molar-refractivity contribution is 4.94. The van der Waals surface area contributed by atoms with Crippen LogP contribution >= 0.6 is 0 Å². The number of nitrogens with zero attached hydrogens (tertiary/aromatic N) is 2. The van der Waals surface area contributed by atoms with Crippen LogP contribution in [0.1, 0.15) is 64.2 Å². The maximum absolute atomic E-state index is 6.34. The molecule has 5 nitrogen and oxygen atoms in total. The summed E-state index contributed by atoms with van der Waals surface area (Å²) in [7, 11) is 0. The molecule has 2 atom stereocenters. The Morgan fingerprint density at radius 3 is 1.46 bits per heavy atom. The van der Waals surface area contributed by atoms with Crippen LogP contribution in [-0.2, 0) is 14.2 Å². The van der Waals surface area contributed by atoms with Crippen molar-refractivity contribution >= 4 is 0 Å². The second-order valence-electron chi connectivity index (χ2n) is 10.4. The van der Waals surface area contributed by atoms with E-state index in [0.717, 1.165) is 26.3 Å². The third-order valence-electron chi connectivity index (χ3n) is 7.73. The Balaban J connectivity index is 1.11. The Labute approximate surface area is 171 Å². The van der Waals surface area contributed by atoms with Gasteiger partial charge in [0, 0.05) is 31.6 Å². The van der Waals surface area contributed by atoms with E-state index in [1.54, 1.807) is 0 Å². The van der Waals surface area contributed by atoms with E-state index in [9.17, 15) is 0 Å². The summed E-state index contributed by atoms with van der Waals surface area (Å²) in [5.74, 6) is 0. The third kappa shape index (κ3) is 4.75. The van der Waals surface area contributed by atoms with Gasteiger partial charge in [0.15, 0.2) is 0 Å². The fraction of sp³-hybridized carbons (Fsp3) is 1.00. The molecular weight excluding hydrogens is 352 g/mol. The zero-order valence-electron chi connectivity index (χ0n) is 17.7. The van der Waals surface area contributed by atoms with E-state index in [4.69, 9.17) is 14.2 Å². The Kier molecular flexibility index (Phi) is 6.27. The van der Waals surface area contributed by atoms with Gasteiger partial charge in [0.05, 0.1) is 37.6 Å². The predicted molar refractivity (Wildman–Crippen MR) is 110 cm³/mol. The van der Waals surface area contributed by atoms with Gasteiger partial charge in [0.2, 0.25) is 0 Å². The lowest BCUT2D eigenvalue weighted by Gasteiger charge is -2.49. The standard InChI is InChI=1S/C23H40N2O3/c1-5-19(6-1)27-21-9-3-11-24(13-21)15-23(17-26-18-23)16-25-12-4-10-22(14-25)28-20-7-2-8-20/h19-22H,1-18H2. The van der Waals surface area contributed by atoms with Crippen LogP contribution in [-0.4, -0.2) is 86.7 Å². The first kappa shape index (κ1) is 19.7. The fourth-order valence-corrected chi connectivity index (χ4v) is 5.67. The van der Waals surface area contributed by atoms with Gasteiger partial charge in [-0.05, 0) is 77.3 Å². The fourth-order valence-electron chi connectivity index (χ4n) is 5.67. The van der Waals surface area contributed by atoms with Crippen molar-refractivity contribution in [3.05, 3.63) is 0 Å². The van der Waals surface area contributed by atoms with E-state index in [0.29, 0.717) is 29.8 Å². The first-order chi connectivity index (χ1) is 13.8. The van der Waals surface area contributed by atoms with E-state index >= 15 is 0 Å². The van der Waals surface area contributed by atoms with Crippen LogP contribution in [0.25, 0.3) is 0 Å². The third-order valence-corrected chi connectivity index (χ3v) is 7.73. The van der Waals surface area contributed by atoms with E-state index in [-0.39, 0.29) is 0 Å². The summed E-state index contributed by atoms with van der Waals surface area (Å²) in [6, 6.07) is 0. The van der Waals surface area contributed by atoms with Gasteiger partial charge in [-0.2, -0.15) is 0 Å². The van der Waals surface area contributed by atoms with Crippen LogP contribution in [0.5, 0.6) is 0 Å². The highest BCUT2D eigenvalue weighted by atomic mass is 16.5. The van der Waals surface area contributed by atoms with Crippen molar-refractivity contribution in [2.45, 2.75) is 88.6 Å². The molecule has 28 heavy (non-hydrogen) atoms. The molecule has 0 bridgehead atoms. The second kappa shape index (κ2) is 8.89. The molecule has 0 spiro atoms. The minimum atomic E-state index is 0.330. The lowest BCUT2D eigenvalue weighted by atomic mass is 9.83. The molecule has 5 rings (SSSR count). The van der Waals surface area contributed by atoms with Gasteiger partial charge in [-0.25, -0.2) is 0 Å². The van der Waals surface area contributed by atoms with Crippen LogP contribution in [0, 0.1) is 5.41 Å². The molecule has 0 aromatic rings. The lowest BCUT2D eigenvalue weighted by molar-refractivity contribution is -0.156. The van der Waals surface area contributed by atoms with Gasteiger partial charge in [0.25, 0.3) is 0 Å². The molecule has 5 fully saturated rings. The predicted octanol–water partition coefficient (Wildman–Crippen LogP) is 3.07. The molecule has 0 N–H and O–H groups in total. The van der Waals surface area contributed by atoms with Crippen molar-refractivity contribution < 1.29 is 14.2 Å². The lowest BCUT2D eigenvalue weighted by Crippen LogP contribution is -2.59. The molecule has 0 aromatic carbocycles. The van der Waals surface area contributed by atoms with E-state index in [1.165, 1.54) is 90.4 Å². The largest absolute Gasteiger partial charge is 0.380 e. The number of likely N-dealkylation sites (tertiary alicyclic amines) is 2. The van der Waals surface area contributed by atoms with Crippen molar-refractivity contribution in [2.24, 2.45) is 5.41 Å². The molecule has 2 aliphatic carbocycles. The van der Waals surface area contributed by atoms with Crippen LogP contribution < -0.4 is 0 Å². The number of rotatable bonds is 8. The number of ether oxygens (including phenoxy) is 3. The van der Waals surface area contributed by atoms with E-state index in [1.807, 2.05) is 0 Å². The van der Waals surface area contributed by atoms with Crippen molar-refractivity contribution in [3.63, 3.8) is 0 Å². The molecule has 2 unspecified atom stereocenters. The average molecular weight is 393 g/mol. The highest BCUT2D eigenvalue weighted by Gasteiger charge is 2.43. The molecule has 160 valence electrons. The van der Waals surface area contributed by atoms with Crippen molar-refractivity contribution in [1.29, 1.82) is 0 Å². The Bertz CT molecular complexity index is 464. The normalized spacial score (nSPS) is 35.1. The summed E-state index contributed by atoms with van der Waals surface area (Å²) < 4.78 is 18.4. The average Bonchev–Trinajstić information content (AvgIpc) is 2.60. The quantitative estimate of drug-likeness (QED) is 0.634. The minimum Gasteiger partial charge on any atom is -0.380 e. The number of hydrogen-bond donors (Lipinski definition) is 0. The molecule has 3 aliphatic heterocycles. The molecule has 3 heterocycles. The first-order valence-electron chi connectivity index (χ1n) is 12.1. The highest BCUT2D eigenvalue weighted by Crippen LogP contribution is 2.34. The van der Waals surface area contributed by atoms with Gasteiger partial charge < -0.3 is 14.2 Å². The Morgan fingerprint density at radius 2 is 1.11 bits per heavy atom. The van der Waals surface area contributed by atoms with Gasteiger partial charge in [-0.15, -0.1) is 0 Å². The monoisotopic (exact) mass is 392 g/mol. The molecule has 5 aliphatic rings. The molecule has 3 saturated heterocycles. The number of piperidine rings is 2. The first-order valence-corrected chi connectivity index (χ1v) is 12.1. The second-order valence-corrected chi connectivity index (χ2v) is 10.4. The maximum atomic E-state index is 6.34. The number of hydrogen-bond acceptors (Lipinski definition) is 5. The topological polar surface area (TPSA) is 34.2 Å². The van der Waals surface area contributed by atoms with Gasteiger partial charge in [-0.3, -0.25) is 9.80 Å². The summed E-state index contributed by atoms with van der Waals surface area (Å²) >= 11 is 0.